The van der Waals surface area contributed by atoms with Gasteiger partial charge in [-0.15, -0.1) is 0 Å². The Bertz CT molecular complexity index is 1540. The molecule has 0 bridgehead atoms. The number of sulfone groups is 1. The number of carbonyl (C=O) groups excluding carboxylic acids is 1. The Balaban J connectivity index is 1.55. The third kappa shape index (κ3) is 5.88. The van der Waals surface area contributed by atoms with Crippen molar-refractivity contribution in [3.8, 4) is 22.9 Å². The lowest BCUT2D eigenvalue weighted by molar-refractivity contribution is -0.114. The number of nitrogens with one attached hydrogen (secondary N) is 2. The zero-order valence-electron chi connectivity index (χ0n) is 22.3. The number of pyridine rings is 3. The lowest BCUT2D eigenvalue weighted by Gasteiger charge is -2.40. The number of nitrogens with zero attached hydrogens (tertiary/aromatic N) is 4. The number of anilines is 4. The molecule has 2 N–H and O–H groups in total. The Hall–Kier alpha value is -3.97. The number of amides is 1. The van der Waals surface area contributed by atoms with Gasteiger partial charge in [0, 0.05) is 63.0 Å². The summed E-state index contributed by atoms with van der Waals surface area (Å²) in [5.41, 5.74) is 1.83. The van der Waals surface area contributed by atoms with Crippen LogP contribution in [-0.2, 0) is 19.4 Å². The maximum absolute atomic E-state index is 12.5. The van der Waals surface area contributed by atoms with Crippen LogP contribution in [0.4, 0.5) is 23.0 Å². The Morgan fingerprint density at radius 2 is 1.92 bits per heavy atom. The Morgan fingerprint density at radius 3 is 2.62 bits per heavy atom. The van der Waals surface area contributed by atoms with E-state index in [4.69, 9.17) is 14.2 Å². The second-order valence-corrected chi connectivity index (χ2v) is 12.1. The molecule has 0 unspecified atom stereocenters. The van der Waals surface area contributed by atoms with Gasteiger partial charge in [0.2, 0.25) is 5.91 Å². The summed E-state index contributed by atoms with van der Waals surface area (Å²) in [6, 6.07) is 8.51. The van der Waals surface area contributed by atoms with Crippen LogP contribution in [-0.4, -0.2) is 74.0 Å². The highest BCUT2D eigenvalue weighted by molar-refractivity contribution is 7.90. The topological polar surface area (TPSA) is 145 Å². The number of fused-ring (bicyclic) bond motifs is 1. The molecule has 1 amide bonds. The van der Waals surface area contributed by atoms with Gasteiger partial charge in [0.25, 0.3) is 5.88 Å². The fourth-order valence-corrected chi connectivity index (χ4v) is 4.80. The van der Waals surface area contributed by atoms with Crippen molar-refractivity contribution in [3.63, 3.8) is 0 Å². The highest BCUT2D eigenvalue weighted by Crippen LogP contribution is 2.38. The quantitative estimate of drug-likeness (QED) is 0.444. The van der Waals surface area contributed by atoms with Crippen molar-refractivity contribution in [3.05, 3.63) is 36.5 Å². The van der Waals surface area contributed by atoms with Gasteiger partial charge < -0.3 is 29.7 Å². The predicted molar refractivity (Wildman–Crippen MR) is 146 cm³/mol. The van der Waals surface area contributed by atoms with E-state index in [0.29, 0.717) is 65.6 Å². The van der Waals surface area contributed by atoms with E-state index >= 15 is 0 Å². The van der Waals surface area contributed by atoms with E-state index in [0.717, 1.165) is 6.26 Å². The lowest BCUT2D eigenvalue weighted by Crippen LogP contribution is -2.51. The van der Waals surface area contributed by atoms with Gasteiger partial charge >= 0.3 is 0 Å². The highest BCUT2D eigenvalue weighted by atomic mass is 32.2. The molecule has 2 aliphatic rings. The SMILES string of the molecule is COC1CN(c2cc(Nc3cc(NC(C)=O)ncc3-c3ccc4c(n3)OCC(C)(C)O4)nc(S(C)(=O)=O)c2)C1. The minimum absolute atomic E-state index is 0.0684. The van der Waals surface area contributed by atoms with Crippen molar-refractivity contribution in [1.29, 1.82) is 0 Å². The number of ether oxygens (including phenoxy) is 3. The first kappa shape index (κ1) is 26.6. The van der Waals surface area contributed by atoms with E-state index in [9.17, 15) is 13.2 Å². The average molecular weight is 555 g/mol. The number of methoxy groups -OCH3 is 1. The average Bonchev–Trinajstić information content (AvgIpc) is 2.82. The van der Waals surface area contributed by atoms with Crippen LogP contribution in [0.2, 0.25) is 0 Å². The molecule has 1 fully saturated rings. The van der Waals surface area contributed by atoms with Crippen LogP contribution in [0, 0.1) is 0 Å². The fraction of sp³-hybridized carbons (Fsp3) is 0.385. The van der Waals surface area contributed by atoms with E-state index in [1.54, 1.807) is 43.6 Å². The lowest BCUT2D eigenvalue weighted by atomic mass is 10.1. The van der Waals surface area contributed by atoms with Crippen molar-refractivity contribution in [2.45, 2.75) is 37.5 Å². The third-order valence-corrected chi connectivity index (χ3v) is 7.20. The largest absolute Gasteiger partial charge is 0.479 e. The monoisotopic (exact) mass is 554 g/mol. The summed E-state index contributed by atoms with van der Waals surface area (Å²) in [5.74, 6) is 1.20. The van der Waals surface area contributed by atoms with Crippen LogP contribution >= 0.6 is 0 Å². The van der Waals surface area contributed by atoms with Crippen molar-refractivity contribution < 1.29 is 27.4 Å². The number of hydrogen-bond donors (Lipinski definition) is 2. The number of aromatic nitrogens is 3. The molecule has 0 aliphatic carbocycles. The molecule has 0 aromatic carbocycles. The second-order valence-electron chi connectivity index (χ2n) is 10.2. The van der Waals surface area contributed by atoms with Gasteiger partial charge in [-0.3, -0.25) is 4.79 Å². The van der Waals surface area contributed by atoms with E-state index in [2.05, 4.69) is 25.6 Å². The standard InChI is InChI=1S/C26H30N6O6S/c1-15(33)28-22-10-20(18(11-27-22)19-6-7-21-25(30-19)37-14-26(2,3)38-21)29-23-8-16(32-12-17(13-32)36-4)9-24(31-23)39(5,34)35/h6-11,17H,12-14H2,1-5H3,(H2,27,28,29,31,33). The summed E-state index contributed by atoms with van der Waals surface area (Å²) in [5, 5.41) is 5.82. The zero-order chi connectivity index (χ0) is 27.9. The minimum atomic E-state index is -3.60. The Labute approximate surface area is 226 Å². The van der Waals surface area contributed by atoms with E-state index in [1.165, 1.54) is 6.92 Å². The third-order valence-electron chi connectivity index (χ3n) is 6.23. The van der Waals surface area contributed by atoms with Crippen molar-refractivity contribution in [2.75, 3.05) is 48.6 Å². The molecule has 0 spiro atoms. The first-order valence-electron chi connectivity index (χ1n) is 12.3. The Morgan fingerprint density at radius 1 is 1.15 bits per heavy atom. The fourth-order valence-electron chi connectivity index (χ4n) is 4.20. The van der Waals surface area contributed by atoms with Crippen molar-refractivity contribution in [1.82, 2.24) is 15.0 Å². The van der Waals surface area contributed by atoms with Crippen molar-refractivity contribution in [2.24, 2.45) is 0 Å². The first-order valence-corrected chi connectivity index (χ1v) is 14.2. The van der Waals surface area contributed by atoms with Gasteiger partial charge in [0.15, 0.2) is 20.6 Å². The molecule has 12 nitrogen and oxygen atoms in total. The van der Waals surface area contributed by atoms with Gasteiger partial charge in [-0.1, -0.05) is 0 Å². The molecular formula is C26H30N6O6S. The summed E-state index contributed by atoms with van der Waals surface area (Å²) in [4.78, 5) is 27.1. The smallest absolute Gasteiger partial charge is 0.257 e. The molecule has 0 atom stereocenters. The second kappa shape index (κ2) is 9.97. The molecule has 13 heteroatoms. The van der Waals surface area contributed by atoms with E-state index < -0.39 is 15.4 Å². The maximum atomic E-state index is 12.5. The number of rotatable bonds is 7. The summed E-state index contributed by atoms with van der Waals surface area (Å²) in [6.45, 7) is 6.85. The normalized spacial score (nSPS) is 16.4. The summed E-state index contributed by atoms with van der Waals surface area (Å²) >= 11 is 0. The molecule has 0 radical (unpaired) electrons. The van der Waals surface area contributed by atoms with Crippen LogP contribution in [0.3, 0.4) is 0 Å². The summed E-state index contributed by atoms with van der Waals surface area (Å²) < 4.78 is 42.1. The van der Waals surface area contributed by atoms with Gasteiger partial charge in [0.1, 0.15) is 23.8 Å². The van der Waals surface area contributed by atoms with Gasteiger partial charge in [-0.05, 0) is 32.0 Å². The molecular weight excluding hydrogens is 524 g/mol. The van der Waals surface area contributed by atoms with Crippen molar-refractivity contribution >= 4 is 38.8 Å². The molecule has 39 heavy (non-hydrogen) atoms. The first-order chi connectivity index (χ1) is 18.4. The predicted octanol–water partition coefficient (Wildman–Crippen LogP) is 3.03. The number of hydrogen-bond acceptors (Lipinski definition) is 11. The van der Waals surface area contributed by atoms with Gasteiger partial charge in [-0.2, -0.15) is 0 Å². The summed E-state index contributed by atoms with van der Waals surface area (Å²) in [7, 11) is -1.96. The number of carbonyl (C=O) groups is 1. The molecule has 1 saturated heterocycles. The van der Waals surface area contributed by atoms with E-state index in [-0.39, 0.29) is 17.0 Å². The van der Waals surface area contributed by atoms with Crippen LogP contribution in [0.25, 0.3) is 11.3 Å². The molecule has 0 saturated carbocycles. The summed E-state index contributed by atoms with van der Waals surface area (Å²) in [6.07, 6.45) is 2.76. The maximum Gasteiger partial charge on any atom is 0.257 e. The van der Waals surface area contributed by atoms with Crippen LogP contribution in [0.15, 0.2) is 41.6 Å². The van der Waals surface area contributed by atoms with Crippen LogP contribution < -0.4 is 25.0 Å². The van der Waals surface area contributed by atoms with Gasteiger partial charge in [-0.25, -0.2) is 23.4 Å². The zero-order valence-corrected chi connectivity index (χ0v) is 23.1. The van der Waals surface area contributed by atoms with Gasteiger partial charge in [0.05, 0.1) is 17.5 Å². The van der Waals surface area contributed by atoms with Crippen LogP contribution in [0.5, 0.6) is 11.6 Å². The minimum Gasteiger partial charge on any atom is -0.479 e. The van der Waals surface area contributed by atoms with Crippen LogP contribution in [0.1, 0.15) is 20.8 Å². The van der Waals surface area contributed by atoms with E-state index in [1.807, 2.05) is 18.7 Å². The molecule has 206 valence electrons. The highest BCUT2D eigenvalue weighted by Gasteiger charge is 2.30. The molecule has 5 heterocycles. The Kier molecular flexibility index (Phi) is 6.81. The molecule has 3 aromatic rings. The molecule has 5 rings (SSSR count). The molecule has 3 aromatic heterocycles. The molecule has 2 aliphatic heterocycles.